The molecule has 0 aliphatic rings. The molecule has 5 nitrogen and oxygen atoms in total. The molecule has 69 heavy (non-hydrogen) atoms. The molecule has 15 aromatic rings. The molecule has 0 spiro atoms. The maximum absolute atomic E-state index is 6.51. The van der Waals surface area contributed by atoms with E-state index in [1.165, 1.54) is 27.1 Å². The van der Waals surface area contributed by atoms with Gasteiger partial charge in [0.15, 0.2) is 0 Å². The molecule has 0 aliphatic heterocycles. The van der Waals surface area contributed by atoms with Gasteiger partial charge in [0.05, 0.1) is 33.4 Å². The minimum Gasteiger partial charge on any atom is -0.456 e. The van der Waals surface area contributed by atoms with Crippen molar-refractivity contribution in [3.63, 3.8) is 0 Å². The standard InChI is InChI=1S/C64H40N4O/c1-2-18-44(19-3-1)67-59-34-31-47-38-55(59)56-39-48(32-35-60(56)67)66(61-28-13-25-54-51-23-6-8-26-58(51)68(64(54)61)57-27-12-15-41-14-4-5-22-50(41)57)46-21-11-17-43(37-46)42-16-10-20-45(36-42)65(47)49-30-33-53-52-24-7-9-29-62(52)69-63(53)40-49/h1-40H. The van der Waals surface area contributed by atoms with Gasteiger partial charge < -0.3 is 22.7 Å². The lowest BCUT2D eigenvalue weighted by Gasteiger charge is -2.17. The van der Waals surface area contributed by atoms with Gasteiger partial charge in [0.25, 0.3) is 0 Å². The average molecular weight is 881 g/mol. The van der Waals surface area contributed by atoms with Gasteiger partial charge in [-0.15, -0.1) is 0 Å². The maximum atomic E-state index is 6.51. The van der Waals surface area contributed by atoms with E-state index >= 15 is 0 Å². The third-order valence-electron chi connectivity index (χ3n) is 14.3. The Morgan fingerprint density at radius 2 is 0.797 bits per heavy atom. The van der Waals surface area contributed by atoms with Gasteiger partial charge in [-0.1, -0.05) is 127 Å². The zero-order valence-electron chi connectivity index (χ0n) is 37.3. The lowest BCUT2D eigenvalue weighted by atomic mass is 10.1. The zero-order valence-corrected chi connectivity index (χ0v) is 37.3. The van der Waals surface area contributed by atoms with E-state index < -0.39 is 0 Å². The lowest BCUT2D eigenvalue weighted by Crippen LogP contribution is -2.02. The molecule has 0 fully saturated rings. The van der Waals surface area contributed by atoms with Crippen molar-refractivity contribution < 1.29 is 4.42 Å². The first-order chi connectivity index (χ1) is 34.2. The van der Waals surface area contributed by atoms with Crippen LogP contribution in [0.4, 0.5) is 0 Å². The van der Waals surface area contributed by atoms with Gasteiger partial charge in [-0.05, 0) is 125 Å². The molecule has 15 rings (SSSR count). The molecule has 322 valence electrons. The highest BCUT2D eigenvalue weighted by Crippen LogP contribution is 2.41. The predicted octanol–water partition coefficient (Wildman–Crippen LogP) is 17.1. The van der Waals surface area contributed by atoms with Crippen LogP contribution in [0.15, 0.2) is 247 Å². The van der Waals surface area contributed by atoms with E-state index in [4.69, 9.17) is 4.42 Å². The summed E-state index contributed by atoms with van der Waals surface area (Å²) in [4.78, 5) is 0. The van der Waals surface area contributed by atoms with E-state index in [1.54, 1.807) is 0 Å². The number of aromatic nitrogens is 4. The highest BCUT2D eigenvalue weighted by Gasteiger charge is 2.20. The fourth-order valence-electron chi connectivity index (χ4n) is 11.3. The molecular formula is C64H40N4O. The molecule has 0 radical (unpaired) electrons. The van der Waals surface area contributed by atoms with Crippen LogP contribution in [-0.2, 0) is 0 Å². The van der Waals surface area contributed by atoms with Crippen LogP contribution < -0.4 is 0 Å². The first-order valence-electron chi connectivity index (χ1n) is 23.6. The lowest BCUT2D eigenvalue weighted by molar-refractivity contribution is 0.668. The Hall–Kier alpha value is -9.32. The van der Waals surface area contributed by atoms with Gasteiger partial charge in [-0.25, -0.2) is 0 Å². The second kappa shape index (κ2) is 14.6. The van der Waals surface area contributed by atoms with Gasteiger partial charge in [-0.2, -0.15) is 0 Å². The monoisotopic (exact) mass is 880 g/mol. The fourth-order valence-corrected chi connectivity index (χ4v) is 11.3. The first kappa shape index (κ1) is 37.9. The van der Waals surface area contributed by atoms with Crippen molar-refractivity contribution in [3.8, 4) is 22.7 Å². The number of benzene rings is 11. The van der Waals surface area contributed by atoms with Gasteiger partial charge in [0.2, 0.25) is 0 Å². The summed E-state index contributed by atoms with van der Waals surface area (Å²) in [5, 5.41) is 11.6. The van der Waals surface area contributed by atoms with Crippen LogP contribution in [0.5, 0.6) is 0 Å². The van der Waals surface area contributed by atoms with E-state index in [1.807, 2.05) is 12.1 Å². The van der Waals surface area contributed by atoms with Gasteiger partial charge in [0, 0.05) is 77.2 Å². The fraction of sp³-hybridized carbons (Fsp3) is 0. The number of furan rings is 1. The Bertz CT molecular complexity index is 4670. The van der Waals surface area contributed by atoms with Crippen LogP contribution in [0.25, 0.3) is 132 Å². The van der Waals surface area contributed by atoms with E-state index in [2.05, 4.69) is 249 Å². The number of rotatable bonds is 4. The summed E-state index contributed by atoms with van der Waals surface area (Å²) in [7, 11) is 0. The highest BCUT2D eigenvalue weighted by molar-refractivity contribution is 6.15. The Labute approximate surface area is 395 Å². The van der Waals surface area contributed by atoms with Crippen molar-refractivity contribution in [2.24, 2.45) is 0 Å². The third-order valence-corrected chi connectivity index (χ3v) is 14.3. The number of fused-ring (bicyclic) bond motifs is 14. The molecule has 0 N–H and O–H groups in total. The molecule has 5 heteroatoms. The quantitative estimate of drug-likeness (QED) is 0.173. The molecule has 0 unspecified atom stereocenters. The smallest absolute Gasteiger partial charge is 0.137 e. The Morgan fingerprint density at radius 1 is 0.246 bits per heavy atom. The zero-order chi connectivity index (χ0) is 45.2. The summed E-state index contributed by atoms with van der Waals surface area (Å²) >= 11 is 0. The summed E-state index contributed by atoms with van der Waals surface area (Å²) < 4.78 is 16.3. The number of nitrogens with zero attached hydrogens (tertiary/aromatic N) is 4. The Morgan fingerprint density at radius 3 is 1.59 bits per heavy atom. The van der Waals surface area contributed by atoms with Crippen LogP contribution >= 0.6 is 0 Å². The predicted molar refractivity (Wildman–Crippen MR) is 289 cm³/mol. The molecule has 0 saturated heterocycles. The summed E-state index contributed by atoms with van der Waals surface area (Å²) in [6.07, 6.45) is 0. The molecule has 11 aromatic carbocycles. The SMILES string of the molecule is c1ccc(-n2c3ccc4cc3c3cc(ccc32)n(-c2cccc3c5ccccc5n(-c5cccc6ccccc56)c23)c2cccc(c2)c2cccc(c2)n4-c2ccc3c(c2)oc2ccccc23)cc1. The summed E-state index contributed by atoms with van der Waals surface area (Å²) in [5.41, 5.74) is 15.0. The Kier molecular flexibility index (Phi) is 8.00. The minimum atomic E-state index is 0.859. The molecule has 8 bridgehead atoms. The Balaban J connectivity index is 1.11. The van der Waals surface area contributed by atoms with E-state index in [0.717, 1.165) is 105 Å². The molecule has 4 heterocycles. The number of hydrogen-bond donors (Lipinski definition) is 0. The molecule has 4 aromatic heterocycles. The summed E-state index contributed by atoms with van der Waals surface area (Å²) in [6, 6.07) is 88.7. The van der Waals surface area contributed by atoms with Crippen LogP contribution in [0.2, 0.25) is 0 Å². The van der Waals surface area contributed by atoms with Crippen LogP contribution in [0, 0.1) is 0 Å². The maximum Gasteiger partial charge on any atom is 0.137 e. The van der Waals surface area contributed by atoms with Crippen molar-refractivity contribution in [2.45, 2.75) is 0 Å². The summed E-state index contributed by atoms with van der Waals surface area (Å²) in [6.45, 7) is 0. The topological polar surface area (TPSA) is 32.9 Å². The number of hydrogen-bond acceptors (Lipinski definition) is 1. The first-order valence-corrected chi connectivity index (χ1v) is 23.6. The van der Waals surface area contributed by atoms with E-state index in [9.17, 15) is 0 Å². The van der Waals surface area contributed by atoms with E-state index in [-0.39, 0.29) is 0 Å². The van der Waals surface area contributed by atoms with Gasteiger partial charge in [-0.3, -0.25) is 0 Å². The van der Waals surface area contributed by atoms with Crippen molar-refractivity contribution in [1.82, 2.24) is 18.3 Å². The van der Waals surface area contributed by atoms with Crippen LogP contribution in [-0.4, -0.2) is 18.3 Å². The highest BCUT2D eigenvalue weighted by atomic mass is 16.3. The van der Waals surface area contributed by atoms with Crippen molar-refractivity contribution in [1.29, 1.82) is 0 Å². The van der Waals surface area contributed by atoms with Crippen molar-refractivity contribution in [3.05, 3.63) is 243 Å². The second-order valence-corrected chi connectivity index (χ2v) is 18.1. The molecule has 0 saturated carbocycles. The van der Waals surface area contributed by atoms with Crippen LogP contribution in [0.3, 0.4) is 0 Å². The average Bonchev–Trinajstić information content (AvgIpc) is 4.06. The molecule has 0 amide bonds. The summed E-state index contributed by atoms with van der Waals surface area (Å²) in [5.74, 6) is 0. The van der Waals surface area contributed by atoms with Gasteiger partial charge in [0.1, 0.15) is 11.2 Å². The van der Waals surface area contributed by atoms with E-state index in [0.29, 0.717) is 0 Å². The normalized spacial score (nSPS) is 12.1. The molecular weight excluding hydrogens is 841 g/mol. The molecule has 0 aliphatic carbocycles. The van der Waals surface area contributed by atoms with Crippen LogP contribution in [0.1, 0.15) is 0 Å². The number of para-hydroxylation sites is 4. The van der Waals surface area contributed by atoms with Crippen molar-refractivity contribution >= 4 is 109 Å². The second-order valence-electron chi connectivity index (χ2n) is 18.1. The third kappa shape index (κ3) is 5.65. The molecule has 0 atom stereocenters. The van der Waals surface area contributed by atoms with Gasteiger partial charge >= 0.3 is 0 Å². The van der Waals surface area contributed by atoms with Crippen molar-refractivity contribution in [2.75, 3.05) is 0 Å². The minimum absolute atomic E-state index is 0.859. The largest absolute Gasteiger partial charge is 0.456 e.